The molecule has 1 aliphatic rings. The summed E-state index contributed by atoms with van der Waals surface area (Å²) in [5, 5.41) is 12.5. The number of nitrogens with zero attached hydrogens (tertiary/aromatic N) is 2. The van der Waals surface area contributed by atoms with E-state index >= 15 is 0 Å². The molecule has 2 rings (SSSR count). The summed E-state index contributed by atoms with van der Waals surface area (Å²) in [4.78, 5) is 2.05. The maximum Gasteiger partial charge on any atom is 0.156 e. The molecular formula is C11H17N3O2S. The SMILES string of the molecule is Cc1noc(C)c1CSC(=N)N1CCOCC1. The molecular weight excluding hydrogens is 238 g/mol. The highest BCUT2D eigenvalue weighted by Gasteiger charge is 2.16. The first-order valence-corrected chi connectivity index (χ1v) is 6.63. The van der Waals surface area contributed by atoms with Crippen molar-refractivity contribution in [2.45, 2.75) is 19.6 Å². The average molecular weight is 255 g/mol. The molecule has 0 bridgehead atoms. The van der Waals surface area contributed by atoms with E-state index in [1.54, 1.807) is 0 Å². The van der Waals surface area contributed by atoms with Crippen molar-refractivity contribution < 1.29 is 9.26 Å². The standard InChI is InChI=1S/C11H17N3O2S/c1-8-10(9(2)16-13-8)7-17-11(12)14-3-5-15-6-4-14/h12H,3-7H2,1-2H3. The number of hydrogen-bond acceptors (Lipinski definition) is 5. The minimum absolute atomic E-state index is 0.605. The smallest absolute Gasteiger partial charge is 0.156 e. The van der Waals surface area contributed by atoms with Crippen LogP contribution in [0.4, 0.5) is 0 Å². The van der Waals surface area contributed by atoms with E-state index in [0.29, 0.717) is 18.4 Å². The molecule has 0 unspecified atom stereocenters. The van der Waals surface area contributed by atoms with Crippen LogP contribution in [-0.2, 0) is 10.5 Å². The van der Waals surface area contributed by atoms with Crippen LogP contribution in [0.15, 0.2) is 4.52 Å². The first-order chi connectivity index (χ1) is 8.18. The van der Waals surface area contributed by atoms with Gasteiger partial charge in [0.15, 0.2) is 5.17 Å². The van der Waals surface area contributed by atoms with Crippen LogP contribution < -0.4 is 0 Å². The second-order valence-corrected chi connectivity index (χ2v) is 4.96. The predicted molar refractivity (Wildman–Crippen MR) is 67.4 cm³/mol. The number of hydrogen-bond donors (Lipinski definition) is 1. The molecule has 2 heterocycles. The monoisotopic (exact) mass is 255 g/mol. The highest BCUT2D eigenvalue weighted by atomic mass is 32.2. The van der Waals surface area contributed by atoms with Crippen molar-refractivity contribution >= 4 is 16.9 Å². The van der Waals surface area contributed by atoms with Gasteiger partial charge in [0.05, 0.1) is 18.9 Å². The Kier molecular flexibility index (Phi) is 4.06. The van der Waals surface area contributed by atoms with Gasteiger partial charge in [0, 0.05) is 24.4 Å². The van der Waals surface area contributed by atoms with Crippen molar-refractivity contribution in [1.29, 1.82) is 5.41 Å². The lowest BCUT2D eigenvalue weighted by Crippen LogP contribution is -2.39. The van der Waals surface area contributed by atoms with Gasteiger partial charge in [0.25, 0.3) is 0 Å². The molecule has 1 aromatic heterocycles. The van der Waals surface area contributed by atoms with Crippen LogP contribution in [0, 0.1) is 19.3 Å². The van der Waals surface area contributed by atoms with Crippen LogP contribution in [0.1, 0.15) is 17.0 Å². The fourth-order valence-electron chi connectivity index (χ4n) is 1.71. The number of rotatable bonds is 2. The van der Waals surface area contributed by atoms with Crippen molar-refractivity contribution in [2.24, 2.45) is 0 Å². The fourth-order valence-corrected chi connectivity index (χ4v) is 2.76. The molecule has 17 heavy (non-hydrogen) atoms. The minimum atomic E-state index is 0.605. The van der Waals surface area contributed by atoms with Crippen LogP contribution in [0.3, 0.4) is 0 Å². The number of amidine groups is 1. The second kappa shape index (κ2) is 5.55. The Morgan fingerprint density at radius 3 is 2.71 bits per heavy atom. The number of ether oxygens (including phenoxy) is 1. The number of morpholine rings is 1. The number of aromatic nitrogens is 1. The summed E-state index contributed by atoms with van der Waals surface area (Å²) in [5.41, 5.74) is 2.03. The number of nitrogens with one attached hydrogen (secondary N) is 1. The lowest BCUT2D eigenvalue weighted by Gasteiger charge is -2.28. The largest absolute Gasteiger partial charge is 0.378 e. The van der Waals surface area contributed by atoms with Crippen molar-refractivity contribution in [3.05, 3.63) is 17.0 Å². The summed E-state index contributed by atoms with van der Waals surface area (Å²) in [6, 6.07) is 0. The molecule has 6 heteroatoms. The van der Waals surface area contributed by atoms with Gasteiger partial charge in [-0.3, -0.25) is 5.41 Å². The lowest BCUT2D eigenvalue weighted by atomic mass is 10.2. The van der Waals surface area contributed by atoms with E-state index in [9.17, 15) is 0 Å². The Morgan fingerprint density at radius 2 is 2.12 bits per heavy atom. The van der Waals surface area contributed by atoms with Crippen molar-refractivity contribution in [3.8, 4) is 0 Å². The Hall–Kier alpha value is -1.01. The van der Waals surface area contributed by atoms with Crippen LogP contribution in [-0.4, -0.2) is 41.5 Å². The van der Waals surface area contributed by atoms with Gasteiger partial charge >= 0.3 is 0 Å². The Labute approximate surface area is 105 Å². The van der Waals surface area contributed by atoms with E-state index in [-0.39, 0.29) is 0 Å². The predicted octanol–water partition coefficient (Wildman–Crippen LogP) is 1.79. The zero-order valence-corrected chi connectivity index (χ0v) is 11.0. The highest BCUT2D eigenvalue weighted by molar-refractivity contribution is 8.13. The van der Waals surface area contributed by atoms with Gasteiger partial charge in [-0.2, -0.15) is 0 Å². The zero-order valence-electron chi connectivity index (χ0n) is 10.2. The van der Waals surface area contributed by atoms with Gasteiger partial charge < -0.3 is 14.2 Å². The van der Waals surface area contributed by atoms with Gasteiger partial charge in [0.1, 0.15) is 5.76 Å². The van der Waals surface area contributed by atoms with Gasteiger partial charge in [-0.15, -0.1) is 0 Å². The van der Waals surface area contributed by atoms with Crippen molar-refractivity contribution in [3.63, 3.8) is 0 Å². The van der Waals surface area contributed by atoms with E-state index in [1.165, 1.54) is 11.8 Å². The third-order valence-corrected chi connectivity index (χ3v) is 3.80. The summed E-state index contributed by atoms with van der Waals surface area (Å²) < 4.78 is 10.4. The molecule has 1 saturated heterocycles. The summed E-state index contributed by atoms with van der Waals surface area (Å²) in [5.74, 6) is 1.60. The minimum Gasteiger partial charge on any atom is -0.378 e. The normalized spacial score (nSPS) is 16.2. The first-order valence-electron chi connectivity index (χ1n) is 5.64. The molecule has 0 radical (unpaired) electrons. The third kappa shape index (κ3) is 3.01. The second-order valence-electron chi connectivity index (χ2n) is 4.00. The molecule has 1 aromatic rings. The van der Waals surface area contributed by atoms with E-state index < -0.39 is 0 Å². The number of thioether (sulfide) groups is 1. The lowest BCUT2D eigenvalue weighted by molar-refractivity contribution is 0.0690. The molecule has 0 saturated carbocycles. The van der Waals surface area contributed by atoms with Crippen LogP contribution in [0.2, 0.25) is 0 Å². The molecule has 0 amide bonds. The molecule has 0 aliphatic carbocycles. The molecule has 1 aliphatic heterocycles. The first kappa shape index (κ1) is 12.4. The summed E-state index contributed by atoms with van der Waals surface area (Å²) in [6.45, 7) is 6.91. The zero-order chi connectivity index (χ0) is 12.3. The van der Waals surface area contributed by atoms with E-state index in [1.807, 2.05) is 18.7 Å². The Bertz CT molecular complexity index is 380. The summed E-state index contributed by atoms with van der Waals surface area (Å²) >= 11 is 1.52. The maximum atomic E-state index is 8.01. The van der Waals surface area contributed by atoms with Crippen LogP contribution in [0.5, 0.6) is 0 Å². The Morgan fingerprint density at radius 1 is 1.41 bits per heavy atom. The van der Waals surface area contributed by atoms with E-state index in [0.717, 1.165) is 35.9 Å². The Balaban J connectivity index is 1.87. The van der Waals surface area contributed by atoms with Crippen LogP contribution in [0.25, 0.3) is 0 Å². The molecule has 1 N–H and O–H groups in total. The summed E-state index contributed by atoms with van der Waals surface area (Å²) in [6.07, 6.45) is 0. The highest BCUT2D eigenvalue weighted by Crippen LogP contribution is 2.21. The molecule has 0 aromatic carbocycles. The van der Waals surface area contributed by atoms with Crippen molar-refractivity contribution in [2.75, 3.05) is 26.3 Å². The van der Waals surface area contributed by atoms with Crippen molar-refractivity contribution in [1.82, 2.24) is 10.1 Å². The quantitative estimate of drug-likeness (QED) is 0.645. The van der Waals surface area contributed by atoms with E-state index in [4.69, 9.17) is 14.7 Å². The fraction of sp³-hybridized carbons (Fsp3) is 0.636. The van der Waals surface area contributed by atoms with Gasteiger partial charge in [-0.1, -0.05) is 16.9 Å². The van der Waals surface area contributed by atoms with Gasteiger partial charge in [-0.05, 0) is 13.8 Å². The van der Waals surface area contributed by atoms with Gasteiger partial charge in [0.2, 0.25) is 0 Å². The molecule has 1 fully saturated rings. The number of aryl methyl sites for hydroxylation is 2. The molecule has 94 valence electrons. The molecule has 0 atom stereocenters. The maximum absolute atomic E-state index is 8.01. The topological polar surface area (TPSA) is 62.4 Å². The van der Waals surface area contributed by atoms with E-state index in [2.05, 4.69) is 5.16 Å². The average Bonchev–Trinajstić information content (AvgIpc) is 2.67. The molecule has 0 spiro atoms. The third-order valence-electron chi connectivity index (χ3n) is 2.83. The molecule has 5 nitrogen and oxygen atoms in total. The summed E-state index contributed by atoms with van der Waals surface area (Å²) in [7, 11) is 0. The van der Waals surface area contributed by atoms with Crippen LogP contribution >= 0.6 is 11.8 Å². The van der Waals surface area contributed by atoms with Gasteiger partial charge in [-0.25, -0.2) is 0 Å².